The predicted molar refractivity (Wildman–Crippen MR) is 211 cm³/mol. The summed E-state index contributed by atoms with van der Waals surface area (Å²) < 4.78 is 101. The van der Waals surface area contributed by atoms with Crippen molar-refractivity contribution >= 4 is 63.5 Å². The Bertz CT molecular complexity index is 2150. The average molecular weight is 892 g/mol. The SMILES string of the molecule is Cc1ccc(OCC(F)(F)F)c(N(CCC(Cl)(Cl)Cl)/C(=N/C(=O)NCC(F)c2ccc(-c3ncn(-c4ccc(OC(F)(F)F)cc4)n3)cc2)SCc2ccccc2)c1. The van der Waals surface area contributed by atoms with Gasteiger partial charge < -0.3 is 19.7 Å². The molecule has 1 N–H and O–H groups in total. The van der Waals surface area contributed by atoms with Crippen LogP contribution in [0.15, 0.2) is 108 Å². The number of carbonyl (C=O) groups is 1. The van der Waals surface area contributed by atoms with Crippen LogP contribution in [0.3, 0.4) is 0 Å². The molecule has 0 aliphatic rings. The Morgan fingerprint density at radius 1 is 0.948 bits per heavy atom. The van der Waals surface area contributed by atoms with E-state index in [1.807, 2.05) is 30.3 Å². The van der Waals surface area contributed by atoms with Gasteiger partial charge in [-0.15, -0.1) is 18.3 Å². The molecule has 0 spiro atoms. The first-order valence-electron chi connectivity index (χ1n) is 17.0. The normalized spacial score (nSPS) is 12.9. The number of ether oxygens (including phenoxy) is 2. The molecule has 0 saturated heterocycles. The first kappa shape index (κ1) is 44.4. The zero-order valence-corrected chi connectivity index (χ0v) is 33.2. The van der Waals surface area contributed by atoms with Crippen molar-refractivity contribution in [2.45, 2.75) is 41.6 Å². The molecule has 0 aliphatic carbocycles. The summed E-state index contributed by atoms with van der Waals surface area (Å²) >= 11 is 19.4. The number of anilines is 1. The third-order valence-electron chi connectivity index (χ3n) is 7.84. The second-order valence-electron chi connectivity index (χ2n) is 12.4. The monoisotopic (exact) mass is 890 g/mol. The molecule has 0 bridgehead atoms. The third kappa shape index (κ3) is 14.0. The number of hydrogen-bond acceptors (Lipinski definition) is 6. The minimum Gasteiger partial charge on any atom is -0.482 e. The smallest absolute Gasteiger partial charge is 0.482 e. The van der Waals surface area contributed by atoms with Gasteiger partial charge in [-0.2, -0.15) is 18.2 Å². The fourth-order valence-electron chi connectivity index (χ4n) is 5.15. The molecule has 0 aliphatic heterocycles. The minimum atomic E-state index is -4.83. The molecule has 1 atom stereocenters. The van der Waals surface area contributed by atoms with E-state index < -0.39 is 47.4 Å². The summed E-state index contributed by atoms with van der Waals surface area (Å²) in [5.74, 6) is -0.0356. The lowest BCUT2D eigenvalue weighted by Crippen LogP contribution is -2.35. The van der Waals surface area contributed by atoms with Gasteiger partial charge >= 0.3 is 18.6 Å². The lowest BCUT2D eigenvalue weighted by atomic mass is 10.1. The van der Waals surface area contributed by atoms with E-state index in [0.717, 1.165) is 29.5 Å². The van der Waals surface area contributed by atoms with Crippen molar-refractivity contribution in [1.29, 1.82) is 0 Å². The zero-order valence-electron chi connectivity index (χ0n) is 30.1. The molecule has 1 aromatic heterocycles. The van der Waals surface area contributed by atoms with Crippen molar-refractivity contribution in [3.8, 4) is 28.6 Å². The fourth-order valence-corrected chi connectivity index (χ4v) is 6.39. The molecule has 0 fully saturated rings. The van der Waals surface area contributed by atoms with E-state index in [-0.39, 0.29) is 46.7 Å². The Hall–Kier alpha value is -4.71. The number of aliphatic imine (C=N–C) groups is 1. The van der Waals surface area contributed by atoms with Gasteiger partial charge in [0.2, 0.25) is 0 Å². The van der Waals surface area contributed by atoms with Crippen LogP contribution in [-0.4, -0.2) is 62.0 Å². The standard InChI is InChI=1S/C38H32Cl3F7N6O3S/c1-24-7-16-32(56-22-37(43,44)45)31(19-24)53(18-17-36(39,40)41)35(58-21-25-5-3-2-4-6-25)51-34(55)49-20-30(42)26-8-10-27(11-9-26)33-50-23-54(52-33)28-12-14-29(15-13-28)57-38(46,47)48/h2-16,19,23,30H,17-18,20-22H2,1H3,(H,49,55)/b51-35-. The van der Waals surface area contributed by atoms with Crippen molar-refractivity contribution in [3.63, 3.8) is 0 Å². The van der Waals surface area contributed by atoms with Gasteiger partial charge in [0.1, 0.15) is 24.0 Å². The number of amides is 2. The van der Waals surface area contributed by atoms with E-state index >= 15 is 4.39 Å². The Morgan fingerprint density at radius 2 is 1.64 bits per heavy atom. The average Bonchev–Trinajstić information content (AvgIpc) is 3.65. The second-order valence-corrected chi connectivity index (χ2v) is 15.8. The molecule has 308 valence electrons. The molecule has 5 aromatic rings. The lowest BCUT2D eigenvalue weighted by Gasteiger charge is -2.29. The third-order valence-corrected chi connectivity index (χ3v) is 9.46. The van der Waals surface area contributed by atoms with Crippen LogP contribution in [0.5, 0.6) is 11.5 Å². The highest BCUT2D eigenvalue weighted by Crippen LogP contribution is 2.37. The van der Waals surface area contributed by atoms with Crippen molar-refractivity contribution in [2.24, 2.45) is 4.99 Å². The van der Waals surface area contributed by atoms with Crippen molar-refractivity contribution in [1.82, 2.24) is 20.1 Å². The van der Waals surface area contributed by atoms with Gasteiger partial charge in [0.25, 0.3) is 0 Å². The number of urea groups is 1. The van der Waals surface area contributed by atoms with E-state index in [1.165, 1.54) is 46.2 Å². The molecule has 9 nitrogen and oxygen atoms in total. The number of halogens is 10. The summed E-state index contributed by atoms with van der Waals surface area (Å²) in [6.07, 6.45) is -9.95. The molecule has 2 amide bonds. The molecule has 5 rings (SSSR count). The van der Waals surface area contributed by atoms with Gasteiger partial charge in [-0.05, 0) is 60.0 Å². The number of hydrogen-bond donors (Lipinski definition) is 1. The predicted octanol–water partition coefficient (Wildman–Crippen LogP) is 11.4. The Kier molecular flexibility index (Phi) is 14.8. The number of nitrogens with zero attached hydrogens (tertiary/aromatic N) is 5. The van der Waals surface area contributed by atoms with Crippen molar-refractivity contribution in [3.05, 3.63) is 120 Å². The second kappa shape index (κ2) is 19.4. The van der Waals surface area contributed by atoms with E-state index in [0.29, 0.717) is 16.8 Å². The summed E-state index contributed by atoms with van der Waals surface area (Å²) in [4.78, 5) is 23.2. The maximum absolute atomic E-state index is 15.5. The van der Waals surface area contributed by atoms with Crippen LogP contribution >= 0.6 is 46.6 Å². The van der Waals surface area contributed by atoms with Crippen LogP contribution in [0, 0.1) is 6.92 Å². The number of nitrogens with one attached hydrogen (secondary N) is 1. The number of amidine groups is 1. The number of carbonyl (C=O) groups excluding carboxylic acids is 1. The highest BCUT2D eigenvalue weighted by molar-refractivity contribution is 8.13. The highest BCUT2D eigenvalue weighted by Gasteiger charge is 2.32. The number of rotatable bonds is 13. The van der Waals surface area contributed by atoms with E-state index in [2.05, 4.69) is 25.1 Å². The Balaban J connectivity index is 1.33. The van der Waals surface area contributed by atoms with Gasteiger partial charge in [0, 0.05) is 24.3 Å². The maximum atomic E-state index is 15.5. The summed E-state index contributed by atoms with van der Waals surface area (Å²) in [5.41, 5.74) is 2.72. The molecule has 0 saturated carbocycles. The molecular weight excluding hydrogens is 860 g/mol. The number of alkyl halides is 10. The topological polar surface area (TPSA) is 93.9 Å². The molecule has 58 heavy (non-hydrogen) atoms. The molecule has 4 aromatic carbocycles. The Labute approximate surface area is 347 Å². The Morgan fingerprint density at radius 3 is 2.28 bits per heavy atom. The highest BCUT2D eigenvalue weighted by atomic mass is 35.6. The van der Waals surface area contributed by atoms with Crippen molar-refractivity contribution in [2.75, 3.05) is 24.6 Å². The fraction of sp³-hybridized carbons (Fsp3) is 0.263. The first-order chi connectivity index (χ1) is 27.3. The van der Waals surface area contributed by atoms with Gasteiger partial charge in [-0.25, -0.2) is 18.9 Å². The number of aryl methyl sites for hydroxylation is 1. The lowest BCUT2D eigenvalue weighted by molar-refractivity contribution is -0.274. The van der Waals surface area contributed by atoms with Gasteiger partial charge in [0.05, 0.1) is 17.9 Å². The minimum absolute atomic E-state index is 0.00958. The van der Waals surface area contributed by atoms with E-state index in [9.17, 15) is 31.1 Å². The van der Waals surface area contributed by atoms with Crippen LogP contribution in [0.2, 0.25) is 0 Å². The quantitative estimate of drug-likeness (QED) is 0.0544. The van der Waals surface area contributed by atoms with Gasteiger partial charge in [-0.3, -0.25) is 0 Å². The number of aromatic nitrogens is 3. The summed E-state index contributed by atoms with van der Waals surface area (Å²) in [6, 6.07) is 23.7. The van der Waals surface area contributed by atoms with Crippen LogP contribution in [0.4, 0.5) is 41.2 Å². The maximum Gasteiger partial charge on any atom is 0.573 e. The summed E-state index contributed by atoms with van der Waals surface area (Å²) in [6.45, 7) is -0.501. The number of benzene rings is 4. The first-order valence-corrected chi connectivity index (χ1v) is 19.1. The molecule has 1 heterocycles. The molecular formula is C38H32Cl3F7N6O3S. The van der Waals surface area contributed by atoms with Crippen LogP contribution in [0.25, 0.3) is 17.1 Å². The zero-order chi connectivity index (χ0) is 42.1. The molecule has 20 heteroatoms. The number of thioether (sulfide) groups is 1. The van der Waals surface area contributed by atoms with Crippen LogP contribution < -0.4 is 19.7 Å². The molecule has 0 radical (unpaired) electrons. The van der Waals surface area contributed by atoms with E-state index in [4.69, 9.17) is 39.5 Å². The van der Waals surface area contributed by atoms with Gasteiger partial charge in [-0.1, -0.05) is 107 Å². The summed E-state index contributed by atoms with van der Waals surface area (Å²) in [5, 5.41) is 6.79. The molecule has 1 unspecified atom stereocenters. The van der Waals surface area contributed by atoms with Gasteiger partial charge in [0.15, 0.2) is 21.4 Å². The summed E-state index contributed by atoms with van der Waals surface area (Å²) in [7, 11) is 0. The van der Waals surface area contributed by atoms with Crippen LogP contribution in [-0.2, 0) is 5.75 Å². The largest absolute Gasteiger partial charge is 0.573 e. The van der Waals surface area contributed by atoms with E-state index in [1.54, 1.807) is 31.2 Å². The van der Waals surface area contributed by atoms with Crippen molar-refractivity contribution < 1.29 is 45.0 Å². The van der Waals surface area contributed by atoms with Crippen LogP contribution in [0.1, 0.15) is 29.3 Å².